The number of hydrogen-bond donors (Lipinski definition) is 0. The fourth-order valence-corrected chi connectivity index (χ4v) is 5.54. The molecule has 3 heterocycles. The van der Waals surface area contributed by atoms with Crippen LogP contribution in [-0.4, -0.2) is 37.3 Å². The molecule has 0 spiro atoms. The zero-order chi connectivity index (χ0) is 21.5. The third kappa shape index (κ3) is 3.57. The molecule has 0 radical (unpaired) electrons. The Morgan fingerprint density at radius 3 is 2.94 bits per heavy atom. The van der Waals surface area contributed by atoms with Gasteiger partial charge in [-0.15, -0.1) is 0 Å². The first-order chi connectivity index (χ1) is 15.0. The first-order valence-electron chi connectivity index (χ1n) is 10.7. The van der Waals surface area contributed by atoms with E-state index in [1.54, 1.807) is 34.5 Å². The Morgan fingerprint density at radius 2 is 2.13 bits per heavy atom. The molecule has 2 aliphatic heterocycles. The smallest absolute Gasteiger partial charge is 0.261 e. The van der Waals surface area contributed by atoms with Gasteiger partial charge in [0.15, 0.2) is 5.17 Å². The molecule has 1 fully saturated rings. The fourth-order valence-electron chi connectivity index (χ4n) is 4.27. The van der Waals surface area contributed by atoms with E-state index < -0.39 is 0 Å². The van der Waals surface area contributed by atoms with Crippen molar-refractivity contribution < 1.29 is 4.79 Å². The van der Waals surface area contributed by atoms with Crippen LogP contribution < -0.4 is 5.56 Å². The summed E-state index contributed by atoms with van der Waals surface area (Å²) in [7, 11) is 0. The van der Waals surface area contributed by atoms with Crippen LogP contribution in [0.15, 0.2) is 52.3 Å². The Bertz CT molecular complexity index is 1280. The molecule has 0 N–H and O–H groups in total. The summed E-state index contributed by atoms with van der Waals surface area (Å²) in [6.45, 7) is 4.84. The van der Waals surface area contributed by atoms with Gasteiger partial charge in [-0.25, -0.2) is 9.98 Å². The molecule has 3 aromatic rings. The average Bonchev–Trinajstić information content (AvgIpc) is 3.40. The van der Waals surface area contributed by atoms with Crippen LogP contribution in [0.5, 0.6) is 0 Å². The van der Waals surface area contributed by atoms with Crippen molar-refractivity contribution in [2.75, 3.05) is 5.75 Å². The number of aromatic nitrogens is 2. The zero-order valence-electron chi connectivity index (χ0n) is 17.7. The van der Waals surface area contributed by atoms with E-state index in [9.17, 15) is 9.59 Å². The van der Waals surface area contributed by atoms with E-state index in [0.717, 1.165) is 53.8 Å². The highest BCUT2D eigenvalue weighted by Crippen LogP contribution is 2.31. The highest BCUT2D eigenvalue weighted by Gasteiger charge is 2.35. The number of amides is 1. The minimum atomic E-state index is -0.0902. The second-order valence-corrected chi connectivity index (χ2v) is 9.09. The van der Waals surface area contributed by atoms with Gasteiger partial charge in [0.25, 0.3) is 11.5 Å². The van der Waals surface area contributed by atoms with Gasteiger partial charge in [0, 0.05) is 30.3 Å². The molecule has 1 atom stereocenters. The quantitative estimate of drug-likeness (QED) is 0.619. The Hall–Kier alpha value is -2.93. The van der Waals surface area contributed by atoms with E-state index in [1.165, 1.54) is 0 Å². The molecule has 2 aromatic carbocycles. The largest absolute Gasteiger partial charge is 0.296 e. The van der Waals surface area contributed by atoms with Crippen molar-refractivity contribution in [3.8, 4) is 0 Å². The van der Waals surface area contributed by atoms with Crippen LogP contribution in [0.25, 0.3) is 10.9 Å². The number of fused-ring (bicyclic) bond motifs is 2. The minimum Gasteiger partial charge on any atom is -0.296 e. The van der Waals surface area contributed by atoms with E-state index in [1.807, 2.05) is 36.1 Å². The standard InChI is InChI=1S/C24H24N4O2S/c1-3-18-14-31-24(25-17-7-4-6-15(2)12-17)28(18)22(29)16-9-10-19-20(13-16)26-21-8-5-11-27(21)23(19)30/h4,6-7,9-10,12-13,18H,3,5,8,11,14H2,1-2H3/t18-/m1/s1. The molecule has 0 unspecified atom stereocenters. The first-order valence-corrected chi connectivity index (χ1v) is 11.7. The van der Waals surface area contributed by atoms with E-state index in [0.29, 0.717) is 16.5 Å². The molecular weight excluding hydrogens is 408 g/mol. The molecule has 6 nitrogen and oxygen atoms in total. The highest BCUT2D eigenvalue weighted by atomic mass is 32.2. The fraction of sp³-hybridized carbons (Fsp3) is 0.333. The van der Waals surface area contributed by atoms with E-state index in [2.05, 4.69) is 11.9 Å². The maximum atomic E-state index is 13.6. The summed E-state index contributed by atoms with van der Waals surface area (Å²) in [5.41, 5.74) is 3.11. The monoisotopic (exact) mass is 432 g/mol. The lowest BCUT2D eigenvalue weighted by molar-refractivity contribution is 0.0819. The topological polar surface area (TPSA) is 67.6 Å². The van der Waals surface area contributed by atoms with E-state index >= 15 is 0 Å². The molecule has 2 aliphatic rings. The lowest BCUT2D eigenvalue weighted by Gasteiger charge is -2.23. The molecule has 0 aliphatic carbocycles. The van der Waals surface area contributed by atoms with Gasteiger partial charge in [-0.2, -0.15) is 0 Å². The summed E-state index contributed by atoms with van der Waals surface area (Å²) in [6.07, 6.45) is 2.59. The van der Waals surface area contributed by atoms with Gasteiger partial charge >= 0.3 is 0 Å². The Balaban J connectivity index is 1.54. The van der Waals surface area contributed by atoms with Crippen LogP contribution in [0.2, 0.25) is 0 Å². The third-order valence-corrected chi connectivity index (χ3v) is 7.05. The molecule has 0 saturated carbocycles. The highest BCUT2D eigenvalue weighted by molar-refractivity contribution is 8.14. The van der Waals surface area contributed by atoms with Crippen molar-refractivity contribution in [1.29, 1.82) is 0 Å². The molecule has 7 heteroatoms. The third-order valence-electron chi connectivity index (χ3n) is 5.96. The van der Waals surface area contributed by atoms with Crippen molar-refractivity contribution in [1.82, 2.24) is 14.5 Å². The van der Waals surface area contributed by atoms with Crippen molar-refractivity contribution in [3.05, 3.63) is 69.8 Å². The number of nitrogens with zero attached hydrogens (tertiary/aromatic N) is 4. The van der Waals surface area contributed by atoms with Gasteiger partial charge in [0.2, 0.25) is 0 Å². The predicted octanol–water partition coefficient (Wildman–Crippen LogP) is 4.31. The molecule has 158 valence electrons. The Labute approximate surface area is 185 Å². The number of amidine groups is 1. The van der Waals surface area contributed by atoms with Crippen molar-refractivity contribution >= 4 is 39.4 Å². The summed E-state index contributed by atoms with van der Waals surface area (Å²) in [5, 5.41) is 1.29. The van der Waals surface area contributed by atoms with Gasteiger partial charge in [-0.1, -0.05) is 30.8 Å². The van der Waals surface area contributed by atoms with Gasteiger partial charge in [-0.3, -0.25) is 19.1 Å². The molecule has 1 amide bonds. The zero-order valence-corrected chi connectivity index (χ0v) is 18.5. The van der Waals surface area contributed by atoms with Crippen LogP contribution in [0.3, 0.4) is 0 Å². The van der Waals surface area contributed by atoms with Crippen LogP contribution in [0.4, 0.5) is 5.69 Å². The van der Waals surface area contributed by atoms with Crippen LogP contribution in [0, 0.1) is 6.92 Å². The molecule has 31 heavy (non-hydrogen) atoms. The second-order valence-electron chi connectivity index (χ2n) is 8.10. The van der Waals surface area contributed by atoms with Crippen molar-refractivity contribution in [2.24, 2.45) is 4.99 Å². The Kier molecular flexibility index (Phi) is 5.14. The number of aryl methyl sites for hydroxylation is 2. The van der Waals surface area contributed by atoms with Crippen LogP contribution in [0.1, 0.15) is 41.5 Å². The van der Waals surface area contributed by atoms with Gasteiger partial charge in [0.05, 0.1) is 16.6 Å². The Morgan fingerprint density at radius 1 is 1.26 bits per heavy atom. The summed E-state index contributed by atoms with van der Waals surface area (Å²) in [5.74, 6) is 1.55. The first kappa shape index (κ1) is 20.0. The normalized spacial score (nSPS) is 19.4. The summed E-state index contributed by atoms with van der Waals surface area (Å²) < 4.78 is 1.75. The maximum absolute atomic E-state index is 13.6. The molecular formula is C24H24N4O2S. The number of hydrogen-bond acceptors (Lipinski definition) is 5. The minimum absolute atomic E-state index is 0.0126. The van der Waals surface area contributed by atoms with Crippen LogP contribution in [-0.2, 0) is 13.0 Å². The van der Waals surface area contributed by atoms with Gasteiger partial charge < -0.3 is 0 Å². The number of aliphatic imine (C=N–C) groups is 1. The lowest BCUT2D eigenvalue weighted by Crippen LogP contribution is -2.39. The van der Waals surface area contributed by atoms with E-state index in [-0.39, 0.29) is 17.5 Å². The number of carbonyl (C=O) groups is 1. The predicted molar refractivity (Wildman–Crippen MR) is 125 cm³/mol. The number of carbonyl (C=O) groups excluding carboxylic acids is 1. The molecule has 5 rings (SSSR count). The summed E-state index contributed by atoms with van der Waals surface area (Å²) >= 11 is 1.62. The van der Waals surface area contributed by atoms with Crippen molar-refractivity contribution in [3.63, 3.8) is 0 Å². The molecule has 0 bridgehead atoms. The van der Waals surface area contributed by atoms with Gasteiger partial charge in [-0.05, 0) is 55.7 Å². The van der Waals surface area contributed by atoms with E-state index in [4.69, 9.17) is 4.99 Å². The van der Waals surface area contributed by atoms with Crippen LogP contribution >= 0.6 is 11.8 Å². The number of benzene rings is 2. The average molecular weight is 433 g/mol. The molecule has 1 saturated heterocycles. The lowest BCUT2D eigenvalue weighted by atomic mass is 10.1. The maximum Gasteiger partial charge on any atom is 0.261 e. The van der Waals surface area contributed by atoms with Gasteiger partial charge in [0.1, 0.15) is 5.82 Å². The summed E-state index contributed by atoms with van der Waals surface area (Å²) in [6, 6.07) is 13.3. The summed E-state index contributed by atoms with van der Waals surface area (Å²) in [4.78, 5) is 37.6. The second kappa shape index (κ2) is 7.96. The molecule has 1 aromatic heterocycles. The number of thioether (sulfide) groups is 1. The van der Waals surface area contributed by atoms with Crippen molar-refractivity contribution in [2.45, 2.75) is 45.7 Å². The SMILES string of the molecule is CC[C@@H]1CSC(=Nc2cccc(C)c2)N1C(=O)c1ccc2c(=O)n3c(nc2c1)CCC3. The number of rotatable bonds is 3.